The fourth-order valence-corrected chi connectivity index (χ4v) is 3.65. The SMILES string of the molecule is O=C(c1cccs1)C1CCCN(C(=O)Cc2cc(=O)[nH][nH]c2=O)C1. The van der Waals surface area contributed by atoms with Crippen molar-refractivity contribution >= 4 is 23.0 Å². The highest BCUT2D eigenvalue weighted by molar-refractivity contribution is 7.12. The zero-order valence-corrected chi connectivity index (χ0v) is 13.7. The van der Waals surface area contributed by atoms with Crippen LogP contribution in [0.1, 0.15) is 28.1 Å². The Kier molecular flexibility index (Phi) is 4.75. The molecular weight excluding hydrogens is 330 g/mol. The molecular formula is C16H17N3O4S. The number of hydrogen-bond acceptors (Lipinski definition) is 5. The normalized spacial score (nSPS) is 17.7. The molecule has 0 saturated carbocycles. The lowest BCUT2D eigenvalue weighted by Crippen LogP contribution is -2.43. The lowest BCUT2D eigenvalue weighted by molar-refractivity contribution is -0.131. The van der Waals surface area contributed by atoms with Crippen LogP contribution in [-0.2, 0) is 11.2 Å². The highest BCUT2D eigenvalue weighted by Gasteiger charge is 2.29. The molecule has 0 aromatic carbocycles. The average Bonchev–Trinajstić information content (AvgIpc) is 3.12. The van der Waals surface area contributed by atoms with Gasteiger partial charge in [-0.1, -0.05) is 6.07 Å². The Bertz CT molecular complexity index is 853. The van der Waals surface area contributed by atoms with Gasteiger partial charge in [0.15, 0.2) is 5.78 Å². The van der Waals surface area contributed by atoms with Crippen LogP contribution in [0.25, 0.3) is 0 Å². The Balaban J connectivity index is 1.69. The van der Waals surface area contributed by atoms with Gasteiger partial charge in [-0.2, -0.15) is 0 Å². The summed E-state index contributed by atoms with van der Waals surface area (Å²) in [4.78, 5) is 50.2. The van der Waals surface area contributed by atoms with E-state index in [9.17, 15) is 19.2 Å². The number of nitrogens with zero attached hydrogens (tertiary/aromatic N) is 1. The van der Waals surface area contributed by atoms with Gasteiger partial charge in [0.05, 0.1) is 11.3 Å². The van der Waals surface area contributed by atoms with Crippen molar-refractivity contribution in [3.05, 3.63) is 54.7 Å². The molecule has 2 aromatic heterocycles. The number of amides is 1. The first-order valence-corrected chi connectivity index (χ1v) is 8.59. The van der Waals surface area contributed by atoms with Gasteiger partial charge in [-0.3, -0.25) is 29.4 Å². The van der Waals surface area contributed by atoms with Gasteiger partial charge in [-0.15, -0.1) is 11.3 Å². The van der Waals surface area contributed by atoms with Crippen molar-refractivity contribution in [1.29, 1.82) is 0 Å². The van der Waals surface area contributed by atoms with Gasteiger partial charge in [0.1, 0.15) is 0 Å². The number of carbonyl (C=O) groups is 2. The number of Topliss-reactive ketones (excluding diaryl/α,β-unsaturated/α-hetero) is 1. The molecule has 2 N–H and O–H groups in total. The predicted octanol–water partition coefficient (Wildman–Crippen LogP) is 0.789. The minimum absolute atomic E-state index is 0.0662. The van der Waals surface area contributed by atoms with Crippen molar-refractivity contribution in [2.24, 2.45) is 5.92 Å². The van der Waals surface area contributed by atoms with Crippen LogP contribution < -0.4 is 11.1 Å². The van der Waals surface area contributed by atoms with Crippen molar-refractivity contribution in [3.8, 4) is 0 Å². The number of aromatic amines is 2. The lowest BCUT2D eigenvalue weighted by atomic mass is 9.92. The molecule has 24 heavy (non-hydrogen) atoms. The van der Waals surface area contributed by atoms with E-state index >= 15 is 0 Å². The smallest absolute Gasteiger partial charge is 0.266 e. The van der Waals surface area contributed by atoms with Crippen molar-refractivity contribution in [2.75, 3.05) is 13.1 Å². The second-order valence-corrected chi connectivity index (χ2v) is 6.76. The summed E-state index contributed by atoms with van der Waals surface area (Å²) in [5.41, 5.74) is -0.802. The van der Waals surface area contributed by atoms with Crippen LogP contribution >= 0.6 is 11.3 Å². The number of ketones is 1. The summed E-state index contributed by atoms with van der Waals surface area (Å²) in [6.07, 6.45) is 1.37. The van der Waals surface area contributed by atoms with E-state index in [0.29, 0.717) is 18.0 Å². The largest absolute Gasteiger partial charge is 0.342 e. The number of nitrogens with one attached hydrogen (secondary N) is 2. The summed E-state index contributed by atoms with van der Waals surface area (Å²) in [6, 6.07) is 4.77. The molecule has 1 amide bonds. The van der Waals surface area contributed by atoms with Gasteiger partial charge in [0, 0.05) is 30.6 Å². The number of rotatable bonds is 4. The summed E-state index contributed by atoms with van der Waals surface area (Å²) >= 11 is 1.40. The molecule has 1 aliphatic heterocycles. The van der Waals surface area contributed by atoms with Crippen LogP contribution in [0.4, 0.5) is 0 Å². The number of thiophene rings is 1. The van der Waals surface area contributed by atoms with Crippen LogP contribution in [0, 0.1) is 5.92 Å². The van der Waals surface area contributed by atoms with E-state index in [1.54, 1.807) is 11.0 Å². The average molecular weight is 347 g/mol. The second kappa shape index (κ2) is 6.96. The molecule has 1 fully saturated rings. The minimum atomic E-state index is -0.480. The van der Waals surface area contributed by atoms with E-state index in [1.807, 2.05) is 11.4 Å². The topological polar surface area (TPSA) is 103 Å². The zero-order chi connectivity index (χ0) is 17.1. The monoisotopic (exact) mass is 347 g/mol. The first-order valence-electron chi connectivity index (χ1n) is 7.71. The first-order chi connectivity index (χ1) is 11.5. The van der Waals surface area contributed by atoms with Gasteiger partial charge in [0.25, 0.3) is 11.1 Å². The van der Waals surface area contributed by atoms with Crippen molar-refractivity contribution < 1.29 is 9.59 Å². The van der Waals surface area contributed by atoms with Crippen LogP contribution in [0.5, 0.6) is 0 Å². The highest BCUT2D eigenvalue weighted by Crippen LogP contribution is 2.23. The van der Waals surface area contributed by atoms with Gasteiger partial charge in [-0.05, 0) is 24.3 Å². The maximum Gasteiger partial charge on any atom is 0.266 e. The number of hydrogen-bond donors (Lipinski definition) is 2. The number of aromatic nitrogens is 2. The van der Waals surface area contributed by atoms with Gasteiger partial charge in [-0.25, -0.2) is 0 Å². The number of H-pyrrole nitrogens is 2. The summed E-state index contributed by atoms with van der Waals surface area (Å²) in [5.74, 6) is -0.384. The third-order valence-electron chi connectivity index (χ3n) is 4.15. The predicted molar refractivity (Wildman–Crippen MR) is 89.3 cm³/mol. The minimum Gasteiger partial charge on any atom is -0.342 e. The fourth-order valence-electron chi connectivity index (χ4n) is 2.90. The Morgan fingerprint density at radius 3 is 2.88 bits per heavy atom. The second-order valence-electron chi connectivity index (χ2n) is 5.81. The van der Waals surface area contributed by atoms with Crippen LogP contribution in [-0.4, -0.2) is 39.9 Å². The third kappa shape index (κ3) is 3.53. The Morgan fingerprint density at radius 1 is 1.29 bits per heavy atom. The molecule has 1 unspecified atom stereocenters. The number of likely N-dealkylation sites (tertiary alicyclic amines) is 1. The first kappa shape index (κ1) is 16.4. The van der Waals surface area contributed by atoms with E-state index in [4.69, 9.17) is 0 Å². The fraction of sp³-hybridized carbons (Fsp3) is 0.375. The Labute approximate surface area is 141 Å². The maximum absolute atomic E-state index is 12.5. The van der Waals surface area contributed by atoms with E-state index in [2.05, 4.69) is 10.2 Å². The molecule has 2 aromatic rings. The van der Waals surface area contributed by atoms with Crippen LogP contribution in [0.15, 0.2) is 33.2 Å². The highest BCUT2D eigenvalue weighted by atomic mass is 32.1. The quantitative estimate of drug-likeness (QED) is 0.798. The van der Waals surface area contributed by atoms with Crippen molar-refractivity contribution in [2.45, 2.75) is 19.3 Å². The molecule has 1 atom stereocenters. The molecule has 0 spiro atoms. The third-order valence-corrected chi connectivity index (χ3v) is 5.03. The van der Waals surface area contributed by atoms with Crippen LogP contribution in [0.2, 0.25) is 0 Å². The molecule has 0 radical (unpaired) electrons. The van der Waals surface area contributed by atoms with E-state index < -0.39 is 11.1 Å². The summed E-state index contributed by atoms with van der Waals surface area (Å²) in [5, 5.41) is 6.23. The van der Waals surface area contributed by atoms with Gasteiger partial charge in [0.2, 0.25) is 5.91 Å². The molecule has 3 heterocycles. The Morgan fingerprint density at radius 2 is 2.12 bits per heavy atom. The van der Waals surface area contributed by atoms with Crippen molar-refractivity contribution in [3.63, 3.8) is 0 Å². The lowest BCUT2D eigenvalue weighted by Gasteiger charge is -2.31. The maximum atomic E-state index is 12.5. The van der Waals surface area contributed by atoms with Gasteiger partial charge < -0.3 is 4.90 Å². The molecule has 7 nitrogen and oxygen atoms in total. The Hall–Kier alpha value is -2.48. The standard InChI is InChI=1S/C16H17N3O4S/c20-13-7-11(16(23)18-17-13)8-14(21)19-5-1-3-10(9-19)15(22)12-4-2-6-24-12/h2,4,6-7,10H,1,3,5,8-9H2,(H,17,20)(H,18,23). The number of carbonyl (C=O) groups excluding carboxylic acids is 2. The van der Waals surface area contributed by atoms with E-state index in [1.165, 1.54) is 11.3 Å². The molecule has 126 valence electrons. The molecule has 0 aliphatic carbocycles. The number of piperidine rings is 1. The van der Waals surface area contributed by atoms with Crippen LogP contribution in [0.3, 0.4) is 0 Å². The summed E-state index contributed by atoms with van der Waals surface area (Å²) < 4.78 is 0. The summed E-state index contributed by atoms with van der Waals surface area (Å²) in [7, 11) is 0. The van der Waals surface area contributed by atoms with Gasteiger partial charge >= 0.3 is 0 Å². The molecule has 0 bridgehead atoms. The van der Waals surface area contributed by atoms with E-state index in [0.717, 1.165) is 18.9 Å². The molecule has 8 heteroatoms. The summed E-state index contributed by atoms with van der Waals surface area (Å²) in [6.45, 7) is 0.921. The molecule has 1 saturated heterocycles. The molecule has 1 aliphatic rings. The molecule has 3 rings (SSSR count). The van der Waals surface area contributed by atoms with Crippen molar-refractivity contribution in [1.82, 2.24) is 15.1 Å². The zero-order valence-electron chi connectivity index (χ0n) is 12.9. The van der Waals surface area contributed by atoms with E-state index in [-0.39, 0.29) is 29.6 Å².